The molecule has 3 rings (SSSR count). The lowest BCUT2D eigenvalue weighted by Crippen LogP contribution is -2.43. The molecule has 7 nitrogen and oxygen atoms in total. The number of carbonyl (C=O) groups excluding carboxylic acids is 2. The molecule has 1 aromatic heterocycles. The highest BCUT2D eigenvalue weighted by atomic mass is 79.9. The average molecular weight is 429 g/mol. The van der Waals surface area contributed by atoms with Crippen molar-refractivity contribution in [2.24, 2.45) is 0 Å². The Kier molecular flexibility index (Phi) is 5.36. The van der Waals surface area contributed by atoms with E-state index in [1.165, 1.54) is 4.68 Å². The zero-order chi connectivity index (χ0) is 19.6. The number of rotatable bonds is 3. The van der Waals surface area contributed by atoms with Crippen molar-refractivity contribution in [3.05, 3.63) is 74.6 Å². The van der Waals surface area contributed by atoms with Crippen molar-refractivity contribution in [2.75, 3.05) is 0 Å². The molecule has 1 heterocycles. The number of halogens is 1. The quantitative estimate of drug-likeness (QED) is 0.627. The van der Waals surface area contributed by atoms with Crippen LogP contribution in [-0.4, -0.2) is 21.6 Å². The fourth-order valence-electron chi connectivity index (χ4n) is 2.61. The van der Waals surface area contributed by atoms with Crippen molar-refractivity contribution in [3.8, 4) is 0 Å². The van der Waals surface area contributed by atoms with Crippen LogP contribution in [0.2, 0.25) is 0 Å². The van der Waals surface area contributed by atoms with Gasteiger partial charge in [-0.1, -0.05) is 30.3 Å². The van der Waals surface area contributed by atoms with E-state index in [0.717, 1.165) is 0 Å². The van der Waals surface area contributed by atoms with Crippen LogP contribution in [0.25, 0.3) is 10.8 Å². The van der Waals surface area contributed by atoms with Gasteiger partial charge < -0.3 is 0 Å². The molecule has 0 aliphatic carbocycles. The molecular formula is C19H17BrN4O3. The highest BCUT2D eigenvalue weighted by molar-refractivity contribution is 9.10. The fourth-order valence-corrected chi connectivity index (χ4v) is 3.07. The van der Waals surface area contributed by atoms with Crippen molar-refractivity contribution in [2.45, 2.75) is 19.9 Å². The first-order valence-electron chi connectivity index (χ1n) is 8.27. The Balaban J connectivity index is 1.92. The third-order valence-electron chi connectivity index (χ3n) is 3.94. The van der Waals surface area contributed by atoms with Gasteiger partial charge in [-0.05, 0) is 48.0 Å². The third kappa shape index (κ3) is 3.75. The Bertz CT molecular complexity index is 1090. The van der Waals surface area contributed by atoms with Crippen LogP contribution in [-0.2, 0) is 0 Å². The maximum Gasteiger partial charge on any atom is 0.290 e. The molecular weight excluding hydrogens is 412 g/mol. The van der Waals surface area contributed by atoms with Crippen LogP contribution in [0.5, 0.6) is 0 Å². The molecule has 0 aliphatic rings. The molecule has 27 heavy (non-hydrogen) atoms. The summed E-state index contributed by atoms with van der Waals surface area (Å²) in [4.78, 5) is 37.4. The Morgan fingerprint density at radius 1 is 0.963 bits per heavy atom. The smallest absolute Gasteiger partial charge is 0.267 e. The summed E-state index contributed by atoms with van der Waals surface area (Å²) in [7, 11) is 0. The van der Waals surface area contributed by atoms with Crippen LogP contribution >= 0.6 is 15.9 Å². The molecule has 0 unspecified atom stereocenters. The fraction of sp³-hybridized carbons (Fsp3) is 0.158. The minimum Gasteiger partial charge on any atom is -0.267 e. The largest absolute Gasteiger partial charge is 0.290 e. The number of hydrogen-bond donors (Lipinski definition) is 2. The van der Waals surface area contributed by atoms with Crippen LogP contribution in [0, 0.1) is 0 Å². The number of hydrazine groups is 1. The van der Waals surface area contributed by atoms with E-state index in [-0.39, 0.29) is 17.3 Å². The van der Waals surface area contributed by atoms with Gasteiger partial charge in [0.15, 0.2) is 5.69 Å². The van der Waals surface area contributed by atoms with E-state index in [1.807, 2.05) is 0 Å². The molecule has 3 aromatic rings. The van der Waals surface area contributed by atoms with E-state index in [2.05, 4.69) is 31.9 Å². The lowest BCUT2D eigenvalue weighted by Gasteiger charge is -2.14. The predicted octanol–water partition coefficient (Wildman–Crippen LogP) is 2.81. The monoisotopic (exact) mass is 428 g/mol. The molecule has 0 atom stereocenters. The molecule has 0 aliphatic heterocycles. The van der Waals surface area contributed by atoms with Crippen LogP contribution in [0.4, 0.5) is 0 Å². The molecule has 0 saturated heterocycles. The number of amides is 2. The van der Waals surface area contributed by atoms with Gasteiger partial charge in [-0.2, -0.15) is 5.10 Å². The van der Waals surface area contributed by atoms with Crippen molar-refractivity contribution >= 4 is 38.5 Å². The van der Waals surface area contributed by atoms with Gasteiger partial charge in [0, 0.05) is 9.86 Å². The first-order chi connectivity index (χ1) is 12.9. The zero-order valence-corrected chi connectivity index (χ0v) is 16.3. The number of fused-ring (bicyclic) bond motifs is 1. The van der Waals surface area contributed by atoms with E-state index in [9.17, 15) is 14.4 Å². The minimum atomic E-state index is -0.610. The number of nitrogens with zero attached hydrogens (tertiary/aromatic N) is 2. The van der Waals surface area contributed by atoms with Gasteiger partial charge in [0.2, 0.25) is 0 Å². The first-order valence-corrected chi connectivity index (χ1v) is 9.06. The summed E-state index contributed by atoms with van der Waals surface area (Å²) in [5, 5.41) is 5.01. The number of aromatic nitrogens is 2. The van der Waals surface area contributed by atoms with Gasteiger partial charge in [-0.3, -0.25) is 25.2 Å². The van der Waals surface area contributed by atoms with Gasteiger partial charge in [0.05, 0.1) is 17.0 Å². The van der Waals surface area contributed by atoms with Gasteiger partial charge in [0.25, 0.3) is 17.4 Å². The van der Waals surface area contributed by atoms with Crippen molar-refractivity contribution in [1.82, 2.24) is 20.6 Å². The molecule has 0 radical (unpaired) electrons. The number of carbonyl (C=O) groups is 2. The van der Waals surface area contributed by atoms with Gasteiger partial charge >= 0.3 is 0 Å². The summed E-state index contributed by atoms with van der Waals surface area (Å²) in [5.74, 6) is -1.08. The van der Waals surface area contributed by atoms with E-state index < -0.39 is 11.8 Å². The van der Waals surface area contributed by atoms with E-state index >= 15 is 0 Å². The average Bonchev–Trinajstić information content (AvgIpc) is 2.66. The Morgan fingerprint density at radius 2 is 1.56 bits per heavy atom. The lowest BCUT2D eigenvalue weighted by molar-refractivity contribution is 0.0843. The predicted molar refractivity (Wildman–Crippen MR) is 105 cm³/mol. The number of benzene rings is 2. The zero-order valence-electron chi connectivity index (χ0n) is 14.7. The molecule has 0 saturated carbocycles. The normalized spacial score (nSPS) is 10.8. The van der Waals surface area contributed by atoms with Gasteiger partial charge in [-0.15, -0.1) is 0 Å². The summed E-state index contributed by atoms with van der Waals surface area (Å²) in [6.07, 6.45) is 0. The standard InChI is InChI=1S/C19H17BrN4O3/c1-11(2)24-19(27)13-8-4-3-7-12(13)16(23-24)18(26)22-21-17(25)14-9-5-6-10-15(14)20/h3-11H,1-2H3,(H,21,25)(H,22,26). The summed E-state index contributed by atoms with van der Waals surface area (Å²) < 4.78 is 1.86. The van der Waals surface area contributed by atoms with Crippen LogP contribution in [0.15, 0.2) is 57.8 Å². The highest BCUT2D eigenvalue weighted by Crippen LogP contribution is 2.16. The van der Waals surface area contributed by atoms with E-state index in [4.69, 9.17) is 0 Å². The van der Waals surface area contributed by atoms with E-state index in [1.54, 1.807) is 62.4 Å². The maximum absolute atomic E-state index is 12.7. The number of nitrogens with one attached hydrogen (secondary N) is 2. The molecule has 2 amide bonds. The molecule has 138 valence electrons. The van der Waals surface area contributed by atoms with Crippen molar-refractivity contribution in [3.63, 3.8) is 0 Å². The summed E-state index contributed by atoms with van der Waals surface area (Å²) in [5.41, 5.74) is 4.91. The minimum absolute atomic E-state index is 0.0614. The van der Waals surface area contributed by atoms with Crippen molar-refractivity contribution in [1.29, 1.82) is 0 Å². The van der Waals surface area contributed by atoms with Gasteiger partial charge in [0.1, 0.15) is 0 Å². The summed E-state index contributed by atoms with van der Waals surface area (Å²) in [6, 6.07) is 13.4. The molecule has 0 spiro atoms. The highest BCUT2D eigenvalue weighted by Gasteiger charge is 2.18. The molecule has 8 heteroatoms. The molecule has 2 aromatic carbocycles. The summed E-state index contributed by atoms with van der Waals surface area (Å²) in [6.45, 7) is 3.61. The van der Waals surface area contributed by atoms with Crippen LogP contribution < -0.4 is 16.4 Å². The lowest BCUT2D eigenvalue weighted by atomic mass is 10.1. The molecule has 2 N–H and O–H groups in total. The Hall–Kier alpha value is -3.00. The molecule has 0 bridgehead atoms. The topological polar surface area (TPSA) is 93.1 Å². The Labute approximate surface area is 163 Å². The van der Waals surface area contributed by atoms with Gasteiger partial charge in [-0.25, -0.2) is 4.68 Å². The Morgan fingerprint density at radius 3 is 2.22 bits per heavy atom. The second-order valence-electron chi connectivity index (χ2n) is 6.13. The maximum atomic E-state index is 12.7. The van der Waals surface area contributed by atoms with Crippen molar-refractivity contribution < 1.29 is 9.59 Å². The molecule has 0 fully saturated rings. The van der Waals surface area contributed by atoms with Crippen LogP contribution in [0.3, 0.4) is 0 Å². The first kappa shape index (κ1) is 18.8. The second-order valence-corrected chi connectivity index (χ2v) is 6.98. The third-order valence-corrected chi connectivity index (χ3v) is 4.63. The van der Waals surface area contributed by atoms with Crippen LogP contribution in [0.1, 0.15) is 40.7 Å². The number of hydrogen-bond acceptors (Lipinski definition) is 4. The SMILES string of the molecule is CC(C)n1nc(C(=O)NNC(=O)c2ccccc2Br)c2ccccc2c1=O. The second kappa shape index (κ2) is 7.71. The summed E-state index contributed by atoms with van der Waals surface area (Å²) >= 11 is 3.29. The van der Waals surface area contributed by atoms with E-state index in [0.29, 0.717) is 20.8 Å².